The van der Waals surface area contributed by atoms with E-state index in [1.54, 1.807) is 0 Å². The third-order valence-electron chi connectivity index (χ3n) is 4.05. The van der Waals surface area contributed by atoms with Gasteiger partial charge in [-0.2, -0.15) is 8.42 Å². The molecule has 0 atom stereocenters. The Labute approximate surface area is 188 Å². The number of aliphatic hydroxyl groups excluding tert-OH is 1. The molecule has 0 radical (unpaired) electrons. The Balaban J connectivity index is 2.37. The molecule has 0 aliphatic rings. The number of amides is 1. The van der Waals surface area contributed by atoms with E-state index in [2.05, 4.69) is 25.0 Å². The number of nitrogens with zero attached hydrogens (tertiary/aromatic N) is 2. The van der Waals surface area contributed by atoms with Crippen LogP contribution in [0.4, 0.5) is 11.4 Å². The fourth-order valence-electron chi connectivity index (χ4n) is 2.43. The molecule has 0 unspecified atom stereocenters. The molecule has 0 bridgehead atoms. The van der Waals surface area contributed by atoms with Crippen molar-refractivity contribution in [3.63, 3.8) is 0 Å². The van der Waals surface area contributed by atoms with Crippen LogP contribution in [0.25, 0.3) is 0 Å². The number of benzene rings is 2. The van der Waals surface area contributed by atoms with Crippen molar-refractivity contribution in [2.24, 2.45) is 10.2 Å². The van der Waals surface area contributed by atoms with Gasteiger partial charge in [0.05, 0.1) is 30.2 Å². The van der Waals surface area contributed by atoms with Gasteiger partial charge in [-0.3, -0.25) is 9.35 Å². The molecule has 0 aliphatic carbocycles. The van der Waals surface area contributed by atoms with E-state index in [4.69, 9.17) is 4.55 Å². The summed E-state index contributed by atoms with van der Waals surface area (Å²) in [4.78, 5) is 35.9. The van der Waals surface area contributed by atoms with Gasteiger partial charge >= 0.3 is 11.9 Å². The van der Waals surface area contributed by atoms with Crippen LogP contribution in [0.15, 0.2) is 69.0 Å². The number of anilines is 1. The van der Waals surface area contributed by atoms with Crippen LogP contribution < -0.4 is 5.32 Å². The molecular weight excluding hydrogens is 458 g/mol. The van der Waals surface area contributed by atoms with Crippen LogP contribution in [0.1, 0.15) is 27.6 Å². The monoisotopic (exact) mass is 477 g/mol. The number of hydrogen-bond donors (Lipinski definition) is 3. The molecule has 0 spiro atoms. The molecule has 12 nitrogen and oxygen atoms in total. The lowest BCUT2D eigenvalue weighted by Crippen LogP contribution is -2.14. The number of hydrogen-bond acceptors (Lipinski definition) is 10. The minimum atomic E-state index is -4.41. The first-order chi connectivity index (χ1) is 15.5. The van der Waals surface area contributed by atoms with Crippen molar-refractivity contribution >= 4 is 39.3 Å². The zero-order valence-corrected chi connectivity index (χ0v) is 18.4. The smallest absolute Gasteiger partial charge is 0.340 e. The average Bonchev–Trinajstić information content (AvgIpc) is 2.77. The van der Waals surface area contributed by atoms with Crippen molar-refractivity contribution < 1.29 is 41.9 Å². The summed E-state index contributed by atoms with van der Waals surface area (Å²) >= 11 is 0. The molecular formula is C20H19N3O9S. The number of ether oxygens (including phenoxy) is 2. The summed E-state index contributed by atoms with van der Waals surface area (Å²) in [5.41, 5.74) is -0.551. The number of esters is 2. The lowest BCUT2D eigenvalue weighted by molar-refractivity contribution is -0.113. The lowest BCUT2D eigenvalue weighted by atomic mass is 10.1. The first-order valence-electron chi connectivity index (χ1n) is 8.99. The topological polar surface area (TPSA) is 181 Å². The predicted octanol–water partition coefficient (Wildman–Crippen LogP) is 3.02. The van der Waals surface area contributed by atoms with Gasteiger partial charge in [-0.1, -0.05) is 0 Å². The maximum atomic E-state index is 12.5. The standard InChI is InChI=1S/C20H19N3O9S/c1-11(24)17(18(25)21-13-5-7-14(8-6-13)33(28,29)30)23-22-16-10-12(19(26)31-2)4-9-15(16)20(27)32-3/h4-10,24H,1-3H3,(H,21,25)(H,28,29,30)/b17-11+,23-22?. The molecule has 1 amide bonds. The quantitative estimate of drug-likeness (QED) is 0.177. The summed E-state index contributed by atoms with van der Waals surface area (Å²) < 4.78 is 40.5. The number of azo groups is 1. The van der Waals surface area contributed by atoms with Crippen LogP contribution in [-0.2, 0) is 24.4 Å². The molecule has 0 saturated heterocycles. The van der Waals surface area contributed by atoms with Crippen molar-refractivity contribution in [2.75, 3.05) is 19.5 Å². The highest BCUT2D eigenvalue weighted by Gasteiger charge is 2.18. The van der Waals surface area contributed by atoms with Crippen molar-refractivity contribution in [1.29, 1.82) is 0 Å². The third kappa shape index (κ3) is 6.44. The zero-order chi connectivity index (χ0) is 24.8. The summed E-state index contributed by atoms with van der Waals surface area (Å²) in [6.07, 6.45) is 0. The van der Waals surface area contributed by atoms with E-state index >= 15 is 0 Å². The number of nitrogens with one attached hydrogen (secondary N) is 1. The largest absolute Gasteiger partial charge is 0.510 e. The molecule has 0 saturated carbocycles. The van der Waals surface area contributed by atoms with Crippen LogP contribution in [0.3, 0.4) is 0 Å². The first kappa shape index (κ1) is 25.2. The molecule has 2 rings (SSSR count). The SMILES string of the molecule is COC(=O)c1ccc(C(=O)OC)c(N=N/C(C(=O)Nc2ccc(S(=O)(=O)O)cc2)=C(\C)O)c1. The van der Waals surface area contributed by atoms with Crippen LogP contribution >= 0.6 is 0 Å². The van der Waals surface area contributed by atoms with E-state index < -0.39 is 39.4 Å². The van der Waals surface area contributed by atoms with E-state index in [1.807, 2.05) is 0 Å². The van der Waals surface area contributed by atoms with Gasteiger partial charge < -0.3 is 19.9 Å². The van der Waals surface area contributed by atoms with Crippen LogP contribution in [-0.4, -0.2) is 50.1 Å². The van der Waals surface area contributed by atoms with E-state index in [9.17, 15) is 27.9 Å². The molecule has 13 heteroatoms. The van der Waals surface area contributed by atoms with Gasteiger partial charge in [-0.05, 0) is 49.4 Å². The molecule has 0 heterocycles. The third-order valence-corrected chi connectivity index (χ3v) is 4.92. The first-order valence-corrected chi connectivity index (χ1v) is 10.4. The fraction of sp³-hybridized carbons (Fsp3) is 0.150. The average molecular weight is 477 g/mol. The van der Waals surface area contributed by atoms with E-state index in [0.29, 0.717) is 0 Å². The zero-order valence-electron chi connectivity index (χ0n) is 17.6. The molecule has 0 fully saturated rings. The van der Waals surface area contributed by atoms with Gasteiger partial charge in [0.1, 0.15) is 11.4 Å². The van der Waals surface area contributed by atoms with Crippen LogP contribution in [0.5, 0.6) is 0 Å². The number of carbonyl (C=O) groups excluding carboxylic acids is 3. The Morgan fingerprint density at radius 2 is 1.58 bits per heavy atom. The minimum absolute atomic E-state index is 0.0497. The molecule has 2 aromatic rings. The van der Waals surface area contributed by atoms with Gasteiger partial charge in [0.15, 0.2) is 5.70 Å². The second-order valence-electron chi connectivity index (χ2n) is 6.30. The molecule has 0 aliphatic heterocycles. The van der Waals surface area contributed by atoms with Crippen LogP contribution in [0, 0.1) is 0 Å². The van der Waals surface area contributed by atoms with E-state index in [1.165, 1.54) is 44.4 Å². The highest BCUT2D eigenvalue weighted by Crippen LogP contribution is 2.25. The van der Waals surface area contributed by atoms with Gasteiger partial charge in [0, 0.05) is 5.69 Å². The molecule has 2 aromatic carbocycles. The Bertz CT molecular complexity index is 1250. The Morgan fingerprint density at radius 3 is 2.09 bits per heavy atom. The predicted molar refractivity (Wildman–Crippen MR) is 114 cm³/mol. The molecule has 0 aromatic heterocycles. The second kappa shape index (κ2) is 10.5. The number of allylic oxidation sites excluding steroid dienone is 1. The number of rotatable bonds is 7. The van der Waals surface area contributed by atoms with Gasteiger partial charge in [0.25, 0.3) is 16.0 Å². The Morgan fingerprint density at radius 1 is 0.970 bits per heavy atom. The summed E-state index contributed by atoms with van der Waals surface area (Å²) in [5, 5.41) is 19.8. The minimum Gasteiger partial charge on any atom is -0.510 e. The molecule has 33 heavy (non-hydrogen) atoms. The number of aliphatic hydroxyl groups is 1. The summed E-state index contributed by atoms with van der Waals surface area (Å²) in [7, 11) is -2.10. The highest BCUT2D eigenvalue weighted by atomic mass is 32.2. The fourth-order valence-corrected chi connectivity index (χ4v) is 2.91. The Kier molecular flexibility index (Phi) is 7.99. The van der Waals surface area contributed by atoms with Crippen molar-refractivity contribution in [1.82, 2.24) is 0 Å². The molecule has 3 N–H and O–H groups in total. The number of carbonyl (C=O) groups is 3. The summed E-state index contributed by atoms with van der Waals surface area (Å²) in [5.74, 6) is -2.92. The van der Waals surface area contributed by atoms with E-state index in [-0.39, 0.29) is 27.4 Å². The lowest BCUT2D eigenvalue weighted by Gasteiger charge is -2.08. The highest BCUT2D eigenvalue weighted by molar-refractivity contribution is 7.85. The second-order valence-corrected chi connectivity index (χ2v) is 7.72. The summed E-state index contributed by atoms with van der Waals surface area (Å²) in [6.45, 7) is 1.17. The van der Waals surface area contributed by atoms with Gasteiger partial charge in [0.2, 0.25) is 0 Å². The number of methoxy groups -OCH3 is 2. The summed E-state index contributed by atoms with van der Waals surface area (Å²) in [6, 6.07) is 8.30. The van der Waals surface area contributed by atoms with Gasteiger partial charge in [-0.25, -0.2) is 9.59 Å². The van der Waals surface area contributed by atoms with E-state index in [0.717, 1.165) is 19.2 Å². The Hall–Kier alpha value is -4.10. The van der Waals surface area contributed by atoms with Crippen LogP contribution in [0.2, 0.25) is 0 Å². The normalized spacial score (nSPS) is 12.1. The van der Waals surface area contributed by atoms with Crippen molar-refractivity contribution in [2.45, 2.75) is 11.8 Å². The molecule has 174 valence electrons. The maximum Gasteiger partial charge on any atom is 0.340 e. The van der Waals surface area contributed by atoms with Gasteiger partial charge in [-0.15, -0.1) is 10.2 Å². The van der Waals surface area contributed by atoms with Crippen molar-refractivity contribution in [3.8, 4) is 0 Å². The van der Waals surface area contributed by atoms with Crippen molar-refractivity contribution in [3.05, 3.63) is 65.0 Å². The maximum absolute atomic E-state index is 12.5.